The van der Waals surface area contributed by atoms with E-state index in [1.165, 1.54) is 0 Å². The van der Waals surface area contributed by atoms with Crippen LogP contribution in [0.25, 0.3) is 0 Å². The van der Waals surface area contributed by atoms with Gasteiger partial charge in [-0.3, -0.25) is 0 Å². The van der Waals surface area contributed by atoms with Crippen LogP contribution in [-0.4, -0.2) is 56.2 Å². The Hall–Kier alpha value is -1.36. The molecule has 242 valence electrons. The molecule has 0 aromatic rings. The summed E-state index contributed by atoms with van der Waals surface area (Å²) >= 11 is 0. The van der Waals surface area contributed by atoms with Crippen molar-refractivity contribution in [3.63, 3.8) is 0 Å². The zero-order valence-corrected chi connectivity index (χ0v) is 24.2. The lowest BCUT2D eigenvalue weighted by Gasteiger charge is -2.49. The third-order valence-corrected chi connectivity index (χ3v) is 9.97. The predicted molar refractivity (Wildman–Crippen MR) is 149 cm³/mol. The van der Waals surface area contributed by atoms with Gasteiger partial charge in [-0.1, -0.05) is 49.6 Å². The summed E-state index contributed by atoms with van der Waals surface area (Å²) in [6, 6.07) is 0. The van der Waals surface area contributed by atoms with Crippen LogP contribution in [0.5, 0.6) is 0 Å². The average molecular weight is 617 g/mol. The number of halogens is 6. The summed E-state index contributed by atoms with van der Waals surface area (Å²) in [4.78, 5) is 0. The van der Waals surface area contributed by atoms with Gasteiger partial charge in [-0.25, -0.2) is 0 Å². The lowest BCUT2D eigenvalue weighted by atomic mass is 9.55. The van der Waals surface area contributed by atoms with E-state index in [1.54, 1.807) is 6.92 Å². The van der Waals surface area contributed by atoms with E-state index in [2.05, 4.69) is 0 Å². The highest BCUT2D eigenvalue weighted by Gasteiger charge is 2.69. The Balaban J connectivity index is 1.99. The maximum absolute atomic E-state index is 13.5. The molecule has 3 aliphatic carbocycles. The Morgan fingerprint density at radius 3 is 2.14 bits per heavy atom. The van der Waals surface area contributed by atoms with Crippen LogP contribution in [0.4, 0.5) is 26.3 Å². The maximum atomic E-state index is 13.5. The number of hydrogen-bond acceptors (Lipinski definition) is 4. The normalized spacial score (nSPS) is 35.0. The van der Waals surface area contributed by atoms with Gasteiger partial charge < -0.3 is 20.4 Å². The fraction of sp³-hybridized carbons (Fsp3) is 0.812. The highest BCUT2D eigenvalue weighted by atomic mass is 19.4. The Labute approximate surface area is 254 Å². The first-order valence-corrected chi connectivity index (χ1v) is 14.6. The van der Waals surface area contributed by atoms with Crippen LogP contribution >= 0.6 is 0 Å². The lowest BCUT2D eigenvalue weighted by molar-refractivity contribution is -0.347. The fourth-order valence-corrected chi connectivity index (χ4v) is 7.93. The molecule has 6 atom stereocenters. The molecule has 0 bridgehead atoms. The minimum atomic E-state index is -6.06. The van der Waals surface area contributed by atoms with Gasteiger partial charge in [-0.05, 0) is 113 Å². The van der Waals surface area contributed by atoms with Crippen molar-refractivity contribution in [1.82, 2.24) is 0 Å². The number of rotatable bonds is 9. The van der Waals surface area contributed by atoms with Crippen LogP contribution in [-0.2, 0) is 0 Å². The molecule has 3 rings (SSSR count). The van der Waals surface area contributed by atoms with Crippen LogP contribution in [0.1, 0.15) is 113 Å². The van der Waals surface area contributed by atoms with Crippen molar-refractivity contribution in [3.8, 4) is 0 Å². The van der Waals surface area contributed by atoms with Gasteiger partial charge in [0.2, 0.25) is 0 Å². The number of allylic oxidation sites excluding steroid dienone is 4. The van der Waals surface area contributed by atoms with Crippen molar-refractivity contribution < 1.29 is 55.0 Å². The van der Waals surface area contributed by atoms with Crippen molar-refractivity contribution in [2.75, 3.05) is 0 Å². The number of aliphatic hydroxyl groups is 4. The summed E-state index contributed by atoms with van der Waals surface area (Å²) < 4.78 is 127. The van der Waals surface area contributed by atoms with Gasteiger partial charge in [0, 0.05) is 8.22 Å². The monoisotopic (exact) mass is 616 g/mol. The summed E-state index contributed by atoms with van der Waals surface area (Å²) in [5.41, 5.74) is -7.75. The van der Waals surface area contributed by atoms with E-state index in [1.807, 2.05) is 19.1 Å². The molecule has 3 fully saturated rings. The van der Waals surface area contributed by atoms with E-state index in [0.29, 0.717) is 44.6 Å². The van der Waals surface area contributed by atoms with Crippen molar-refractivity contribution in [2.45, 2.75) is 140 Å². The third kappa shape index (κ3) is 7.83. The lowest BCUT2D eigenvalue weighted by Crippen LogP contribution is -2.55. The van der Waals surface area contributed by atoms with Crippen LogP contribution in [0.3, 0.4) is 0 Å². The molecular weight excluding hydrogens is 562 g/mol. The molecule has 2 unspecified atom stereocenters. The Kier molecular flexibility index (Phi) is 8.07. The Morgan fingerprint density at radius 1 is 0.952 bits per heavy atom. The fourth-order valence-electron chi connectivity index (χ4n) is 7.93. The van der Waals surface area contributed by atoms with Crippen LogP contribution in [0, 0.1) is 22.7 Å². The molecule has 3 saturated carbocycles. The SMILES string of the molecule is [2H]C([2H])([2H])C(O)(CCCC(C)(CC=CC(O)(C(F)(F)F)C(F)(F)F)[C@H]1CCC2C(=CC=C3C[C@@H](O)C[C@H](O)C3)CCC[C@@]21C)C([2H])([2H])[2H]. The van der Waals surface area contributed by atoms with Gasteiger partial charge in [-0.15, -0.1) is 0 Å². The van der Waals surface area contributed by atoms with Crippen LogP contribution < -0.4 is 0 Å². The van der Waals surface area contributed by atoms with E-state index in [4.69, 9.17) is 8.22 Å². The van der Waals surface area contributed by atoms with Gasteiger partial charge in [0.25, 0.3) is 5.60 Å². The van der Waals surface area contributed by atoms with Crippen molar-refractivity contribution in [2.24, 2.45) is 22.7 Å². The van der Waals surface area contributed by atoms with Crippen molar-refractivity contribution >= 4 is 0 Å². The number of aliphatic hydroxyl groups excluding tert-OH is 2. The minimum Gasteiger partial charge on any atom is -0.393 e. The largest absolute Gasteiger partial charge is 0.429 e. The molecule has 0 radical (unpaired) electrons. The highest BCUT2D eigenvalue weighted by Crippen LogP contribution is 2.64. The first kappa shape index (κ1) is 27.0. The second-order valence-corrected chi connectivity index (χ2v) is 13.3. The first-order chi connectivity index (χ1) is 21.6. The van der Waals surface area contributed by atoms with E-state index in [-0.39, 0.29) is 37.2 Å². The van der Waals surface area contributed by atoms with Gasteiger partial charge in [0.15, 0.2) is 0 Å². The minimum absolute atomic E-state index is 0.00110. The number of alkyl halides is 6. The van der Waals surface area contributed by atoms with E-state index in [0.717, 1.165) is 24.0 Å². The molecule has 0 aliphatic heterocycles. The third-order valence-electron chi connectivity index (χ3n) is 9.97. The second kappa shape index (κ2) is 12.6. The molecule has 0 saturated heterocycles. The van der Waals surface area contributed by atoms with Gasteiger partial charge >= 0.3 is 12.4 Å². The topological polar surface area (TPSA) is 80.9 Å². The van der Waals surface area contributed by atoms with Crippen LogP contribution in [0.2, 0.25) is 0 Å². The van der Waals surface area contributed by atoms with E-state index < -0.39 is 66.7 Å². The van der Waals surface area contributed by atoms with Crippen molar-refractivity contribution in [3.05, 3.63) is 35.5 Å². The van der Waals surface area contributed by atoms with Crippen molar-refractivity contribution in [1.29, 1.82) is 0 Å². The van der Waals surface area contributed by atoms with Gasteiger partial charge in [-0.2, -0.15) is 26.3 Å². The summed E-state index contributed by atoms with van der Waals surface area (Å²) in [6.07, 6.45) is -5.93. The zero-order valence-electron chi connectivity index (χ0n) is 30.2. The summed E-state index contributed by atoms with van der Waals surface area (Å²) in [5.74, 6) is -0.313. The van der Waals surface area contributed by atoms with E-state index >= 15 is 0 Å². The molecule has 0 amide bonds. The standard InChI is InChI=1S/C32H48F6O4/c1-27(2,41)13-6-14-28(3,15-7-17-30(42,31(33,34)35)32(36,37)38)26-12-11-25-22(8-5-16-29(25,26)4)10-9-21-18-23(39)20-24(40)19-21/h7,9-10,17,23-26,39-42H,5-6,8,11-16,18-20H2,1-4H3/t23-,24-,25?,26-,28?,29+/m1/s1/i1D3,2D3. The molecule has 42 heavy (non-hydrogen) atoms. The molecule has 4 nitrogen and oxygen atoms in total. The molecule has 0 heterocycles. The molecule has 4 N–H and O–H groups in total. The predicted octanol–water partition coefficient (Wildman–Crippen LogP) is 7.71. The average Bonchev–Trinajstić information content (AvgIpc) is 3.27. The Morgan fingerprint density at radius 2 is 1.57 bits per heavy atom. The zero-order chi connectivity index (χ0) is 36.8. The molecule has 0 aromatic heterocycles. The maximum Gasteiger partial charge on any atom is 0.429 e. The van der Waals surface area contributed by atoms with Gasteiger partial charge in [0.05, 0.1) is 17.8 Å². The molecule has 3 aliphatic rings. The molecule has 0 spiro atoms. The second-order valence-electron chi connectivity index (χ2n) is 13.3. The van der Waals surface area contributed by atoms with Crippen LogP contribution in [0.15, 0.2) is 35.5 Å². The summed E-state index contributed by atoms with van der Waals surface area (Å²) in [5, 5.41) is 40.7. The number of hydrogen-bond donors (Lipinski definition) is 4. The molecule has 10 heteroatoms. The Bertz CT molecular complexity index is 1190. The molecular formula is C32H48F6O4. The smallest absolute Gasteiger partial charge is 0.393 e. The quantitative estimate of drug-likeness (QED) is 0.158. The van der Waals surface area contributed by atoms with Gasteiger partial charge in [0.1, 0.15) is 0 Å². The summed E-state index contributed by atoms with van der Waals surface area (Å²) in [6.45, 7) is -2.90. The highest BCUT2D eigenvalue weighted by molar-refractivity contribution is 5.27. The van der Waals surface area contributed by atoms with E-state index in [9.17, 15) is 46.8 Å². The number of fused-ring (bicyclic) bond motifs is 1. The summed E-state index contributed by atoms with van der Waals surface area (Å²) in [7, 11) is 0. The first-order valence-electron chi connectivity index (χ1n) is 17.6. The molecule has 0 aromatic carbocycles.